The summed E-state index contributed by atoms with van der Waals surface area (Å²) in [7, 11) is 0. The summed E-state index contributed by atoms with van der Waals surface area (Å²) in [6.45, 7) is 0. The van der Waals surface area contributed by atoms with Gasteiger partial charge in [0.05, 0.1) is 16.9 Å². The van der Waals surface area contributed by atoms with Crippen molar-refractivity contribution in [2.45, 2.75) is 12.8 Å². The molecule has 2 rings (SSSR count). The Hall–Kier alpha value is -1.75. The van der Waals surface area contributed by atoms with E-state index in [1.165, 1.54) is 11.8 Å². The molecule has 0 saturated carbocycles. The lowest BCUT2D eigenvalue weighted by Crippen LogP contribution is -1.91. The highest BCUT2D eigenvalue weighted by atomic mass is 32.1. The standard InChI is InChI=1S/C11H11N3OS/c15-13-7-10-8-16-11(14-10)2-1-9-3-5-12-6-4-9/h3-8,15H,1-2H2. The fourth-order valence-corrected chi connectivity index (χ4v) is 2.11. The number of hydrogen-bond acceptors (Lipinski definition) is 5. The molecule has 82 valence electrons. The van der Waals surface area contributed by atoms with Crippen LogP contribution in [0, 0.1) is 0 Å². The molecule has 0 aliphatic rings. The van der Waals surface area contributed by atoms with Gasteiger partial charge in [-0.25, -0.2) is 4.98 Å². The Morgan fingerprint density at radius 3 is 2.88 bits per heavy atom. The molecule has 0 fully saturated rings. The quantitative estimate of drug-likeness (QED) is 0.500. The largest absolute Gasteiger partial charge is 0.411 e. The predicted octanol–water partition coefficient (Wildman–Crippen LogP) is 2.13. The van der Waals surface area contributed by atoms with E-state index in [0.29, 0.717) is 5.69 Å². The molecule has 2 aromatic rings. The monoisotopic (exact) mass is 233 g/mol. The Balaban J connectivity index is 1.94. The number of rotatable bonds is 4. The van der Waals surface area contributed by atoms with Crippen LogP contribution in [0.3, 0.4) is 0 Å². The fourth-order valence-electron chi connectivity index (χ4n) is 1.36. The van der Waals surface area contributed by atoms with Crippen LogP contribution in [0.2, 0.25) is 0 Å². The summed E-state index contributed by atoms with van der Waals surface area (Å²) in [4.78, 5) is 8.28. The second-order valence-corrected chi connectivity index (χ2v) is 4.21. The van der Waals surface area contributed by atoms with E-state index in [9.17, 15) is 0 Å². The summed E-state index contributed by atoms with van der Waals surface area (Å²) in [6.07, 6.45) is 6.77. The third-order valence-corrected chi connectivity index (χ3v) is 3.06. The lowest BCUT2D eigenvalue weighted by atomic mass is 10.1. The molecule has 0 bridgehead atoms. The molecule has 0 saturated heterocycles. The molecule has 0 amide bonds. The van der Waals surface area contributed by atoms with Crippen LogP contribution in [0.5, 0.6) is 0 Å². The molecular weight excluding hydrogens is 222 g/mol. The summed E-state index contributed by atoms with van der Waals surface area (Å²) in [5.74, 6) is 0. The molecular formula is C11H11N3OS. The second kappa shape index (κ2) is 5.37. The van der Waals surface area contributed by atoms with Crippen LogP contribution in [0.4, 0.5) is 0 Å². The van der Waals surface area contributed by atoms with Crippen molar-refractivity contribution in [3.05, 3.63) is 46.2 Å². The zero-order chi connectivity index (χ0) is 11.2. The third kappa shape index (κ3) is 2.87. The van der Waals surface area contributed by atoms with Gasteiger partial charge in [-0.2, -0.15) is 0 Å². The molecule has 0 atom stereocenters. The van der Waals surface area contributed by atoms with Crippen LogP contribution >= 0.6 is 11.3 Å². The number of aromatic nitrogens is 2. The van der Waals surface area contributed by atoms with E-state index in [1.54, 1.807) is 23.7 Å². The van der Waals surface area contributed by atoms with Gasteiger partial charge in [0.15, 0.2) is 0 Å². The Morgan fingerprint density at radius 1 is 1.31 bits per heavy atom. The highest BCUT2D eigenvalue weighted by Crippen LogP contribution is 2.11. The molecule has 4 nitrogen and oxygen atoms in total. The van der Waals surface area contributed by atoms with Gasteiger partial charge in [0.2, 0.25) is 0 Å². The second-order valence-electron chi connectivity index (χ2n) is 3.27. The molecule has 0 unspecified atom stereocenters. The van der Waals surface area contributed by atoms with Gasteiger partial charge in [-0.05, 0) is 24.1 Å². The van der Waals surface area contributed by atoms with Crippen LogP contribution in [-0.4, -0.2) is 21.4 Å². The van der Waals surface area contributed by atoms with Gasteiger partial charge >= 0.3 is 0 Å². The van der Waals surface area contributed by atoms with Crippen LogP contribution in [0.25, 0.3) is 0 Å². The van der Waals surface area contributed by atoms with Crippen LogP contribution in [0.1, 0.15) is 16.3 Å². The van der Waals surface area contributed by atoms with E-state index in [1.807, 2.05) is 17.5 Å². The minimum Gasteiger partial charge on any atom is -0.411 e. The SMILES string of the molecule is ON=Cc1csc(CCc2ccncc2)n1. The normalized spacial score (nSPS) is 11.0. The maximum Gasteiger partial charge on any atom is 0.0958 e. The number of oxime groups is 1. The Bertz CT molecular complexity index is 467. The van der Waals surface area contributed by atoms with Crippen LogP contribution < -0.4 is 0 Å². The number of pyridine rings is 1. The van der Waals surface area contributed by atoms with Crippen molar-refractivity contribution in [3.8, 4) is 0 Å². The van der Waals surface area contributed by atoms with E-state index in [2.05, 4.69) is 15.1 Å². The van der Waals surface area contributed by atoms with E-state index >= 15 is 0 Å². The molecule has 0 spiro atoms. The van der Waals surface area contributed by atoms with Crippen LogP contribution in [0.15, 0.2) is 35.1 Å². The number of nitrogens with zero attached hydrogens (tertiary/aromatic N) is 3. The highest BCUT2D eigenvalue weighted by Gasteiger charge is 2.01. The van der Waals surface area contributed by atoms with Gasteiger partial charge in [-0.3, -0.25) is 4.98 Å². The molecule has 2 aromatic heterocycles. The lowest BCUT2D eigenvalue weighted by molar-refractivity contribution is 0.321. The van der Waals surface area contributed by atoms with Gasteiger partial charge in [-0.15, -0.1) is 11.3 Å². The highest BCUT2D eigenvalue weighted by molar-refractivity contribution is 7.09. The van der Waals surface area contributed by atoms with Crippen molar-refractivity contribution in [2.24, 2.45) is 5.16 Å². The molecule has 1 N–H and O–H groups in total. The fraction of sp³-hybridized carbons (Fsp3) is 0.182. The molecule has 0 radical (unpaired) electrons. The summed E-state index contributed by atoms with van der Waals surface area (Å²) in [5.41, 5.74) is 1.96. The van der Waals surface area contributed by atoms with Crippen molar-refractivity contribution >= 4 is 17.6 Å². The summed E-state index contributed by atoms with van der Waals surface area (Å²) in [5, 5.41) is 14.2. The van der Waals surface area contributed by atoms with Crippen molar-refractivity contribution in [1.82, 2.24) is 9.97 Å². The van der Waals surface area contributed by atoms with Crippen molar-refractivity contribution in [3.63, 3.8) is 0 Å². The topological polar surface area (TPSA) is 58.4 Å². The first-order chi connectivity index (χ1) is 7.88. The summed E-state index contributed by atoms with van der Waals surface area (Å²) >= 11 is 1.58. The van der Waals surface area contributed by atoms with Gasteiger partial charge in [0.25, 0.3) is 0 Å². The van der Waals surface area contributed by atoms with Crippen LogP contribution in [-0.2, 0) is 12.8 Å². The first-order valence-corrected chi connectivity index (χ1v) is 5.77. The van der Waals surface area contributed by atoms with Gasteiger partial charge in [0.1, 0.15) is 0 Å². The van der Waals surface area contributed by atoms with Gasteiger partial charge in [-0.1, -0.05) is 5.16 Å². The van der Waals surface area contributed by atoms with Crippen molar-refractivity contribution in [2.75, 3.05) is 0 Å². The maximum atomic E-state index is 8.36. The molecule has 0 aliphatic carbocycles. The Labute approximate surface area is 97.3 Å². The first kappa shape index (κ1) is 10.8. The van der Waals surface area contributed by atoms with Gasteiger partial charge in [0, 0.05) is 24.2 Å². The predicted molar refractivity (Wildman–Crippen MR) is 63.1 cm³/mol. The molecule has 0 aromatic carbocycles. The first-order valence-electron chi connectivity index (χ1n) is 4.89. The van der Waals surface area contributed by atoms with Gasteiger partial charge < -0.3 is 5.21 Å². The lowest BCUT2D eigenvalue weighted by Gasteiger charge is -1.97. The molecule has 0 aliphatic heterocycles. The number of thiazole rings is 1. The van der Waals surface area contributed by atoms with E-state index < -0.39 is 0 Å². The maximum absolute atomic E-state index is 8.36. The zero-order valence-electron chi connectivity index (χ0n) is 8.58. The molecule has 16 heavy (non-hydrogen) atoms. The Morgan fingerprint density at radius 2 is 2.12 bits per heavy atom. The van der Waals surface area contributed by atoms with Crippen molar-refractivity contribution < 1.29 is 5.21 Å². The summed E-state index contributed by atoms with van der Waals surface area (Å²) < 4.78 is 0. The molecule has 2 heterocycles. The Kier molecular flexibility index (Phi) is 3.61. The van der Waals surface area contributed by atoms with E-state index in [4.69, 9.17) is 5.21 Å². The average molecular weight is 233 g/mol. The number of aryl methyl sites for hydroxylation is 2. The third-order valence-electron chi connectivity index (χ3n) is 2.14. The molecule has 5 heteroatoms. The number of hydrogen-bond donors (Lipinski definition) is 1. The minimum atomic E-state index is 0.706. The van der Waals surface area contributed by atoms with Crippen molar-refractivity contribution in [1.29, 1.82) is 0 Å². The van der Waals surface area contributed by atoms with E-state index in [-0.39, 0.29) is 0 Å². The average Bonchev–Trinajstić information content (AvgIpc) is 2.76. The van der Waals surface area contributed by atoms with E-state index in [0.717, 1.165) is 17.8 Å². The summed E-state index contributed by atoms with van der Waals surface area (Å²) in [6, 6.07) is 4.01. The minimum absolute atomic E-state index is 0.706. The zero-order valence-corrected chi connectivity index (χ0v) is 9.39. The smallest absolute Gasteiger partial charge is 0.0958 e.